The number of nitrogens with two attached hydrogens (primary N) is 1. The smallest absolute Gasteiger partial charge is 0.325 e. The summed E-state index contributed by atoms with van der Waals surface area (Å²) in [6, 6.07) is 5.22. The highest BCUT2D eigenvalue weighted by molar-refractivity contribution is 6.00. The summed E-state index contributed by atoms with van der Waals surface area (Å²) in [4.78, 5) is 24.7. The van der Waals surface area contributed by atoms with Gasteiger partial charge >= 0.3 is 5.97 Å². The molecule has 5 nitrogen and oxygen atoms in total. The summed E-state index contributed by atoms with van der Waals surface area (Å²) in [6.07, 6.45) is 0. The van der Waals surface area contributed by atoms with Gasteiger partial charge in [0.05, 0.1) is 12.2 Å². The van der Waals surface area contributed by atoms with E-state index in [0.29, 0.717) is 17.9 Å². The van der Waals surface area contributed by atoms with Gasteiger partial charge < -0.3 is 15.4 Å². The number of anilines is 1. The summed E-state index contributed by atoms with van der Waals surface area (Å²) >= 11 is 0. The Balaban J connectivity index is 2.80. The van der Waals surface area contributed by atoms with E-state index < -0.39 is 5.97 Å². The van der Waals surface area contributed by atoms with Gasteiger partial charge in [-0.25, -0.2) is 0 Å². The molecule has 1 rings (SSSR count). The zero-order chi connectivity index (χ0) is 13.7. The molecule has 5 heteroatoms. The van der Waals surface area contributed by atoms with Crippen LogP contribution in [0.4, 0.5) is 5.69 Å². The van der Waals surface area contributed by atoms with Crippen LogP contribution in [-0.4, -0.2) is 37.0 Å². The van der Waals surface area contributed by atoms with Gasteiger partial charge in [0.25, 0.3) is 5.91 Å². The number of amides is 1. The Morgan fingerprint density at radius 3 is 2.67 bits per heavy atom. The van der Waals surface area contributed by atoms with Crippen molar-refractivity contribution in [3.05, 3.63) is 29.3 Å². The molecule has 0 spiro atoms. The van der Waals surface area contributed by atoms with Crippen molar-refractivity contribution < 1.29 is 14.3 Å². The number of hydrogen-bond donors (Lipinski definition) is 1. The Kier molecular flexibility index (Phi) is 4.71. The van der Waals surface area contributed by atoms with Gasteiger partial charge in [0.15, 0.2) is 0 Å². The van der Waals surface area contributed by atoms with Crippen LogP contribution in [0.25, 0.3) is 0 Å². The average molecular weight is 250 g/mol. The molecule has 0 fully saturated rings. The number of hydrogen-bond acceptors (Lipinski definition) is 4. The van der Waals surface area contributed by atoms with Crippen LogP contribution in [-0.2, 0) is 9.53 Å². The molecule has 0 heterocycles. The number of aryl methyl sites for hydroxylation is 1. The van der Waals surface area contributed by atoms with Crippen LogP contribution in [0.1, 0.15) is 22.8 Å². The van der Waals surface area contributed by atoms with Crippen LogP contribution in [0.5, 0.6) is 0 Å². The van der Waals surface area contributed by atoms with Gasteiger partial charge in [0.2, 0.25) is 0 Å². The van der Waals surface area contributed by atoms with Crippen molar-refractivity contribution >= 4 is 17.6 Å². The lowest BCUT2D eigenvalue weighted by molar-refractivity contribution is -0.143. The molecule has 18 heavy (non-hydrogen) atoms. The maximum Gasteiger partial charge on any atom is 0.325 e. The predicted molar refractivity (Wildman–Crippen MR) is 69.2 cm³/mol. The molecule has 2 N–H and O–H groups in total. The van der Waals surface area contributed by atoms with E-state index >= 15 is 0 Å². The SMILES string of the molecule is CCOC(=O)CN(C)C(=O)c1cc(C)ccc1N. The normalized spacial score (nSPS) is 9.94. The van der Waals surface area contributed by atoms with Gasteiger partial charge in [-0.2, -0.15) is 0 Å². The quantitative estimate of drug-likeness (QED) is 0.644. The zero-order valence-corrected chi connectivity index (χ0v) is 10.9. The van der Waals surface area contributed by atoms with Crippen LogP contribution in [0.15, 0.2) is 18.2 Å². The predicted octanol–water partition coefficient (Wildman–Crippen LogP) is 1.21. The first kappa shape index (κ1) is 14.0. The molecule has 1 amide bonds. The third kappa shape index (κ3) is 3.48. The highest BCUT2D eigenvalue weighted by Gasteiger charge is 2.17. The number of ether oxygens (including phenoxy) is 1. The minimum absolute atomic E-state index is 0.0833. The number of benzene rings is 1. The molecular weight excluding hydrogens is 232 g/mol. The van der Waals surface area contributed by atoms with E-state index in [1.165, 1.54) is 4.90 Å². The van der Waals surface area contributed by atoms with Crippen molar-refractivity contribution in [1.29, 1.82) is 0 Å². The van der Waals surface area contributed by atoms with E-state index in [9.17, 15) is 9.59 Å². The van der Waals surface area contributed by atoms with Crippen molar-refractivity contribution in [2.24, 2.45) is 0 Å². The maximum absolute atomic E-state index is 12.1. The average Bonchev–Trinajstić information content (AvgIpc) is 2.31. The van der Waals surface area contributed by atoms with E-state index in [4.69, 9.17) is 10.5 Å². The van der Waals surface area contributed by atoms with E-state index in [0.717, 1.165) is 5.56 Å². The van der Waals surface area contributed by atoms with Crippen molar-refractivity contribution in [3.63, 3.8) is 0 Å². The fourth-order valence-electron chi connectivity index (χ4n) is 1.53. The topological polar surface area (TPSA) is 72.6 Å². The molecule has 0 unspecified atom stereocenters. The number of rotatable bonds is 4. The summed E-state index contributed by atoms with van der Waals surface area (Å²) in [7, 11) is 1.54. The Morgan fingerprint density at radius 2 is 2.06 bits per heavy atom. The van der Waals surface area contributed by atoms with Crippen molar-refractivity contribution in [3.8, 4) is 0 Å². The van der Waals surface area contributed by atoms with Crippen molar-refractivity contribution in [2.75, 3.05) is 25.9 Å². The molecule has 0 atom stereocenters. The fraction of sp³-hybridized carbons (Fsp3) is 0.385. The molecule has 0 bridgehead atoms. The van der Waals surface area contributed by atoms with Crippen LogP contribution >= 0.6 is 0 Å². The van der Waals surface area contributed by atoms with Gasteiger partial charge in [0, 0.05) is 12.7 Å². The lowest BCUT2D eigenvalue weighted by Crippen LogP contribution is -2.33. The molecular formula is C13H18N2O3. The van der Waals surface area contributed by atoms with Gasteiger partial charge in [0.1, 0.15) is 6.54 Å². The lowest BCUT2D eigenvalue weighted by atomic mass is 10.1. The van der Waals surface area contributed by atoms with Crippen LogP contribution in [0.2, 0.25) is 0 Å². The van der Waals surface area contributed by atoms with Gasteiger partial charge in [-0.1, -0.05) is 11.6 Å². The number of likely N-dealkylation sites (N-methyl/N-ethyl adjacent to an activating group) is 1. The van der Waals surface area contributed by atoms with Crippen LogP contribution in [0.3, 0.4) is 0 Å². The monoisotopic (exact) mass is 250 g/mol. The van der Waals surface area contributed by atoms with E-state index in [1.807, 2.05) is 13.0 Å². The second kappa shape index (κ2) is 6.05. The van der Waals surface area contributed by atoms with E-state index in [2.05, 4.69) is 0 Å². The summed E-state index contributed by atoms with van der Waals surface area (Å²) in [5.74, 6) is -0.719. The fourth-order valence-corrected chi connectivity index (χ4v) is 1.53. The highest BCUT2D eigenvalue weighted by Crippen LogP contribution is 2.15. The van der Waals surface area contributed by atoms with Crippen molar-refractivity contribution in [1.82, 2.24) is 4.90 Å². The number of esters is 1. The molecule has 98 valence electrons. The largest absolute Gasteiger partial charge is 0.465 e. The second-order valence-corrected chi connectivity index (χ2v) is 4.06. The third-order valence-corrected chi connectivity index (χ3v) is 2.46. The molecule has 0 saturated carbocycles. The first-order chi connectivity index (χ1) is 8.45. The molecule has 0 aliphatic carbocycles. The molecule has 0 radical (unpaired) electrons. The summed E-state index contributed by atoms with van der Waals surface area (Å²) in [6.45, 7) is 3.81. The first-order valence-corrected chi connectivity index (χ1v) is 5.73. The molecule has 0 aromatic heterocycles. The third-order valence-electron chi connectivity index (χ3n) is 2.46. The van der Waals surface area contributed by atoms with Gasteiger partial charge in [-0.3, -0.25) is 9.59 Å². The van der Waals surface area contributed by atoms with Crippen LogP contribution < -0.4 is 5.73 Å². The minimum Gasteiger partial charge on any atom is -0.465 e. The summed E-state index contributed by atoms with van der Waals surface area (Å²) in [5.41, 5.74) is 7.50. The molecule has 0 saturated heterocycles. The molecule has 1 aromatic rings. The minimum atomic E-state index is -0.431. The number of nitrogen functional groups attached to an aromatic ring is 1. The Hall–Kier alpha value is -2.04. The Bertz CT molecular complexity index is 458. The maximum atomic E-state index is 12.1. The second-order valence-electron chi connectivity index (χ2n) is 4.06. The highest BCUT2D eigenvalue weighted by atomic mass is 16.5. The van der Waals surface area contributed by atoms with E-state index in [1.54, 1.807) is 26.1 Å². The molecule has 1 aromatic carbocycles. The van der Waals surface area contributed by atoms with Crippen molar-refractivity contribution in [2.45, 2.75) is 13.8 Å². The first-order valence-electron chi connectivity index (χ1n) is 5.73. The van der Waals surface area contributed by atoms with Gasteiger partial charge in [-0.15, -0.1) is 0 Å². The van der Waals surface area contributed by atoms with E-state index in [-0.39, 0.29) is 12.5 Å². The van der Waals surface area contributed by atoms with Gasteiger partial charge in [-0.05, 0) is 26.0 Å². The Labute approximate surface area is 107 Å². The summed E-state index contributed by atoms with van der Waals surface area (Å²) < 4.78 is 4.79. The molecule has 0 aliphatic heterocycles. The number of carbonyl (C=O) groups excluding carboxylic acids is 2. The molecule has 0 aliphatic rings. The zero-order valence-electron chi connectivity index (χ0n) is 10.9. The van der Waals surface area contributed by atoms with Crippen LogP contribution in [0, 0.1) is 6.92 Å². The number of carbonyl (C=O) groups is 2. The summed E-state index contributed by atoms with van der Waals surface area (Å²) in [5, 5.41) is 0. The number of nitrogens with zero attached hydrogens (tertiary/aromatic N) is 1. The lowest BCUT2D eigenvalue weighted by Gasteiger charge is -2.17. The standard InChI is InChI=1S/C13H18N2O3/c1-4-18-12(16)8-15(3)13(17)10-7-9(2)5-6-11(10)14/h5-7H,4,8,14H2,1-3H3. The Morgan fingerprint density at radius 1 is 1.39 bits per heavy atom.